The lowest BCUT2D eigenvalue weighted by atomic mass is 10.1. The van der Waals surface area contributed by atoms with Gasteiger partial charge in [0.15, 0.2) is 10.8 Å². The van der Waals surface area contributed by atoms with Crippen molar-refractivity contribution in [3.63, 3.8) is 0 Å². The van der Waals surface area contributed by atoms with Crippen LogP contribution in [0.5, 0.6) is 0 Å². The number of halogens is 1. The molecule has 1 amide bonds. The van der Waals surface area contributed by atoms with Crippen molar-refractivity contribution in [1.82, 2.24) is 15.2 Å². The summed E-state index contributed by atoms with van der Waals surface area (Å²) >= 11 is 4.80. The van der Waals surface area contributed by atoms with Crippen molar-refractivity contribution in [2.24, 2.45) is 0 Å². The number of anilines is 1. The summed E-state index contributed by atoms with van der Waals surface area (Å²) in [5.41, 5.74) is 2.94. The van der Waals surface area contributed by atoms with Gasteiger partial charge < -0.3 is 4.42 Å². The van der Waals surface area contributed by atoms with E-state index in [1.54, 1.807) is 0 Å². The van der Waals surface area contributed by atoms with Gasteiger partial charge in [-0.1, -0.05) is 13.8 Å². The molecule has 8 heteroatoms. The number of furan rings is 1. The van der Waals surface area contributed by atoms with Gasteiger partial charge in [-0.05, 0) is 41.8 Å². The molecule has 3 rings (SSSR count). The molecule has 0 saturated heterocycles. The fraction of sp³-hybridized carbons (Fsp3) is 0.312. The van der Waals surface area contributed by atoms with Crippen molar-refractivity contribution in [2.75, 3.05) is 5.32 Å². The van der Waals surface area contributed by atoms with Crippen LogP contribution in [-0.2, 0) is 0 Å². The number of aromatic amines is 1. The monoisotopic (exact) mass is 408 g/mol. The molecule has 2 N–H and O–H groups in total. The van der Waals surface area contributed by atoms with Crippen LogP contribution in [0.2, 0.25) is 0 Å². The molecule has 0 bridgehead atoms. The Morgan fingerprint density at radius 1 is 1.42 bits per heavy atom. The van der Waals surface area contributed by atoms with Crippen molar-refractivity contribution in [2.45, 2.75) is 33.6 Å². The maximum atomic E-state index is 12.4. The highest BCUT2D eigenvalue weighted by Crippen LogP contribution is 2.30. The minimum atomic E-state index is -0.300. The molecular formula is C16H17BrN4O2S. The number of rotatable bonds is 4. The van der Waals surface area contributed by atoms with Crippen LogP contribution in [0.25, 0.3) is 11.3 Å². The molecule has 0 aliphatic rings. The van der Waals surface area contributed by atoms with Gasteiger partial charge in [-0.25, -0.2) is 4.98 Å². The van der Waals surface area contributed by atoms with Crippen molar-refractivity contribution >= 4 is 38.3 Å². The number of carbonyl (C=O) groups is 1. The first-order chi connectivity index (χ1) is 11.4. The summed E-state index contributed by atoms with van der Waals surface area (Å²) in [5.74, 6) is 1.59. The molecule has 0 aliphatic heterocycles. The van der Waals surface area contributed by atoms with E-state index in [9.17, 15) is 4.79 Å². The average molecular weight is 409 g/mol. The Labute approximate surface area is 151 Å². The predicted octanol–water partition coefficient (Wildman–Crippen LogP) is 4.88. The highest BCUT2D eigenvalue weighted by Gasteiger charge is 2.20. The van der Waals surface area contributed by atoms with Gasteiger partial charge in [0, 0.05) is 10.9 Å². The van der Waals surface area contributed by atoms with Crippen LogP contribution >= 0.6 is 27.3 Å². The van der Waals surface area contributed by atoms with Gasteiger partial charge in [-0.15, -0.1) is 11.3 Å². The fourth-order valence-corrected chi connectivity index (χ4v) is 3.89. The zero-order chi connectivity index (χ0) is 17.4. The number of H-pyrrole nitrogens is 1. The molecule has 0 unspecified atom stereocenters. The van der Waals surface area contributed by atoms with Crippen molar-refractivity contribution < 1.29 is 9.21 Å². The van der Waals surface area contributed by atoms with Crippen LogP contribution in [0.3, 0.4) is 0 Å². The molecule has 6 nitrogen and oxygen atoms in total. The van der Waals surface area contributed by atoms with Gasteiger partial charge in [0.05, 0.1) is 15.9 Å². The third-order valence-electron chi connectivity index (χ3n) is 3.57. The molecule has 0 spiro atoms. The summed E-state index contributed by atoms with van der Waals surface area (Å²) in [6.07, 6.45) is 0. The molecule has 0 atom stereocenters. The maximum absolute atomic E-state index is 12.4. The third kappa shape index (κ3) is 3.16. The van der Waals surface area contributed by atoms with E-state index in [0.717, 1.165) is 28.5 Å². The predicted molar refractivity (Wildman–Crippen MR) is 97.6 cm³/mol. The molecule has 0 fully saturated rings. The van der Waals surface area contributed by atoms with Crippen LogP contribution in [0, 0.1) is 13.8 Å². The van der Waals surface area contributed by atoms with E-state index in [4.69, 9.17) is 4.42 Å². The summed E-state index contributed by atoms with van der Waals surface area (Å²) in [6, 6.07) is 1.94. The summed E-state index contributed by atoms with van der Waals surface area (Å²) in [5, 5.41) is 12.2. The van der Waals surface area contributed by atoms with E-state index in [-0.39, 0.29) is 11.8 Å². The number of amides is 1. The van der Waals surface area contributed by atoms with Crippen LogP contribution < -0.4 is 5.32 Å². The van der Waals surface area contributed by atoms with Gasteiger partial charge in [0.25, 0.3) is 5.91 Å². The maximum Gasteiger partial charge on any atom is 0.279 e. The summed E-state index contributed by atoms with van der Waals surface area (Å²) in [4.78, 5) is 16.9. The molecule has 3 aromatic rings. The number of aromatic nitrogens is 3. The second-order valence-electron chi connectivity index (χ2n) is 5.77. The Morgan fingerprint density at radius 3 is 2.75 bits per heavy atom. The lowest BCUT2D eigenvalue weighted by Crippen LogP contribution is -2.13. The molecule has 126 valence electrons. The first-order valence-electron chi connectivity index (χ1n) is 7.45. The number of hydrogen-bond donors (Lipinski definition) is 2. The normalized spacial score (nSPS) is 11.2. The Hall–Kier alpha value is -1.93. The molecule has 0 aliphatic carbocycles. The summed E-state index contributed by atoms with van der Waals surface area (Å²) in [6.45, 7) is 7.85. The Balaban J connectivity index is 1.80. The largest absolute Gasteiger partial charge is 0.466 e. The van der Waals surface area contributed by atoms with E-state index in [2.05, 4.69) is 36.4 Å². The quantitative estimate of drug-likeness (QED) is 0.643. The molecule has 3 aromatic heterocycles. The van der Waals surface area contributed by atoms with Crippen molar-refractivity contribution in [3.05, 3.63) is 38.8 Å². The highest BCUT2D eigenvalue weighted by atomic mass is 79.9. The Kier molecular flexibility index (Phi) is 4.60. The highest BCUT2D eigenvalue weighted by molar-refractivity contribution is 9.10. The zero-order valence-electron chi connectivity index (χ0n) is 13.7. The first kappa shape index (κ1) is 16.9. The van der Waals surface area contributed by atoms with Crippen molar-refractivity contribution in [1.29, 1.82) is 0 Å². The lowest BCUT2D eigenvalue weighted by molar-refractivity contribution is 0.102. The average Bonchev–Trinajstić information content (AvgIpc) is 3.18. The van der Waals surface area contributed by atoms with Gasteiger partial charge >= 0.3 is 0 Å². The molecule has 0 aromatic carbocycles. The summed E-state index contributed by atoms with van der Waals surface area (Å²) in [7, 11) is 0. The Morgan fingerprint density at radius 2 is 2.17 bits per heavy atom. The SMILES string of the molecule is Cc1cc(-c2csc(NC(=O)c3n[nH]c(C(C)C)c3Br)n2)c(C)o1. The molecule has 0 saturated carbocycles. The van der Waals surface area contributed by atoms with Crippen LogP contribution in [-0.4, -0.2) is 21.1 Å². The second-order valence-corrected chi connectivity index (χ2v) is 7.42. The fourth-order valence-electron chi connectivity index (χ4n) is 2.37. The standard InChI is InChI=1S/C16H17BrN4O2S/c1-7(2)13-12(17)14(21-20-13)15(22)19-16-18-11(6-24-16)10-5-8(3)23-9(10)4/h5-7H,1-4H3,(H,20,21)(H,18,19,22). The molecule has 0 radical (unpaired) electrons. The number of hydrogen-bond acceptors (Lipinski definition) is 5. The van der Waals surface area contributed by atoms with E-state index < -0.39 is 0 Å². The second kappa shape index (κ2) is 6.52. The smallest absolute Gasteiger partial charge is 0.279 e. The lowest BCUT2D eigenvalue weighted by Gasteiger charge is -2.02. The van der Waals surface area contributed by atoms with E-state index >= 15 is 0 Å². The van der Waals surface area contributed by atoms with E-state index in [0.29, 0.717) is 15.3 Å². The molecule has 24 heavy (non-hydrogen) atoms. The minimum absolute atomic E-state index is 0.243. The third-order valence-corrected chi connectivity index (χ3v) is 5.13. The molecular weight excluding hydrogens is 392 g/mol. The van der Waals surface area contributed by atoms with Gasteiger partial charge in [0.2, 0.25) is 0 Å². The number of thiazole rings is 1. The first-order valence-corrected chi connectivity index (χ1v) is 9.12. The summed E-state index contributed by atoms with van der Waals surface area (Å²) < 4.78 is 6.21. The number of nitrogens with zero attached hydrogens (tertiary/aromatic N) is 2. The Bertz CT molecular complexity index is 894. The number of aryl methyl sites for hydroxylation is 2. The van der Waals surface area contributed by atoms with Gasteiger partial charge in [-0.3, -0.25) is 15.2 Å². The van der Waals surface area contributed by atoms with Gasteiger partial charge in [0.1, 0.15) is 11.5 Å². The topological polar surface area (TPSA) is 83.8 Å². The van der Waals surface area contributed by atoms with E-state index in [1.807, 2.05) is 39.1 Å². The zero-order valence-corrected chi connectivity index (χ0v) is 16.1. The number of nitrogens with one attached hydrogen (secondary N) is 2. The van der Waals surface area contributed by atoms with Crippen LogP contribution in [0.1, 0.15) is 47.5 Å². The number of carbonyl (C=O) groups excluding carboxylic acids is 1. The molecule has 3 heterocycles. The minimum Gasteiger partial charge on any atom is -0.466 e. The van der Waals surface area contributed by atoms with Crippen LogP contribution in [0.15, 0.2) is 20.3 Å². The van der Waals surface area contributed by atoms with Gasteiger partial charge in [-0.2, -0.15) is 5.10 Å². The van der Waals surface area contributed by atoms with Crippen molar-refractivity contribution in [3.8, 4) is 11.3 Å². The van der Waals surface area contributed by atoms with E-state index in [1.165, 1.54) is 11.3 Å². The van der Waals surface area contributed by atoms with Crippen LogP contribution in [0.4, 0.5) is 5.13 Å².